The Hall–Kier alpha value is -0.593. The maximum atomic E-state index is 10.9. The number of rotatable bonds is 5. The van der Waals surface area contributed by atoms with Gasteiger partial charge in [-0.2, -0.15) is 0 Å². The highest BCUT2D eigenvalue weighted by Crippen LogP contribution is 2.40. The van der Waals surface area contributed by atoms with Gasteiger partial charge in [0.25, 0.3) is 0 Å². The molecule has 0 spiro atoms. The lowest BCUT2D eigenvalue weighted by atomic mass is 9.87. The molecule has 1 aliphatic carbocycles. The van der Waals surface area contributed by atoms with Crippen LogP contribution in [0.4, 0.5) is 4.79 Å². The van der Waals surface area contributed by atoms with Crippen molar-refractivity contribution in [3.05, 3.63) is 0 Å². The molecule has 6 heteroatoms. The number of hydrogen-bond acceptors (Lipinski definition) is 4. The van der Waals surface area contributed by atoms with Crippen LogP contribution in [0.1, 0.15) is 46.5 Å². The summed E-state index contributed by atoms with van der Waals surface area (Å²) in [5.41, 5.74) is 5.07. The fourth-order valence-corrected chi connectivity index (χ4v) is 3.95. The number of carbonyl (C=O) groups excluding carboxylic acids is 1. The summed E-state index contributed by atoms with van der Waals surface area (Å²) in [4.78, 5) is 10.9. The molecule has 1 rings (SSSR count). The Morgan fingerprint density at radius 1 is 1.19 bits per heavy atom. The minimum Gasteiger partial charge on any atom is -0.419 e. The fourth-order valence-electron chi connectivity index (χ4n) is 2.52. The van der Waals surface area contributed by atoms with Gasteiger partial charge in [0.1, 0.15) is 0 Å². The van der Waals surface area contributed by atoms with Crippen LogP contribution in [-0.2, 0) is 13.9 Å². The summed E-state index contributed by atoms with van der Waals surface area (Å²) >= 11 is 0. The van der Waals surface area contributed by atoms with E-state index in [1.807, 2.05) is 0 Å². The van der Waals surface area contributed by atoms with Gasteiger partial charge in [0.2, 0.25) is 6.29 Å². The van der Waals surface area contributed by atoms with Gasteiger partial charge in [-0.05, 0) is 43.8 Å². The Kier molecular flexibility index (Phi) is 6.25. The van der Waals surface area contributed by atoms with Crippen LogP contribution < -0.4 is 5.73 Å². The van der Waals surface area contributed by atoms with Gasteiger partial charge in [-0.3, -0.25) is 0 Å². The van der Waals surface area contributed by atoms with E-state index in [9.17, 15) is 4.79 Å². The Morgan fingerprint density at radius 3 is 2.10 bits per heavy atom. The molecule has 0 heterocycles. The number of ether oxygens (including phenoxy) is 2. The van der Waals surface area contributed by atoms with Crippen molar-refractivity contribution in [1.82, 2.24) is 0 Å². The molecule has 2 N–H and O–H groups in total. The minimum atomic E-state index is -1.71. The second-order valence-electron chi connectivity index (χ2n) is 7.46. The number of primary amides is 1. The lowest BCUT2D eigenvalue weighted by Gasteiger charge is -2.41. The summed E-state index contributed by atoms with van der Waals surface area (Å²) in [6, 6.07) is 0. The average Bonchev–Trinajstić information content (AvgIpc) is 2.35. The average molecular weight is 318 g/mol. The number of nitrogens with two attached hydrogens (primary N) is 1. The van der Waals surface area contributed by atoms with Crippen LogP contribution in [0.15, 0.2) is 0 Å². The standard InChI is InChI=1S/C15H31NO4Si/c1-15(2,3)21(5,6)20-12-9-7-11(8-10-12)13(18-4)19-14(16)17/h11-13H,7-10H2,1-6H3,(H2,16,17). The van der Waals surface area contributed by atoms with Crippen molar-refractivity contribution in [1.29, 1.82) is 0 Å². The molecule has 0 aromatic carbocycles. The second-order valence-corrected chi connectivity index (χ2v) is 12.2. The van der Waals surface area contributed by atoms with E-state index in [0.29, 0.717) is 6.10 Å². The monoisotopic (exact) mass is 317 g/mol. The van der Waals surface area contributed by atoms with E-state index in [-0.39, 0.29) is 11.0 Å². The topological polar surface area (TPSA) is 70.8 Å². The van der Waals surface area contributed by atoms with Gasteiger partial charge in [-0.1, -0.05) is 20.8 Å². The normalized spacial score (nSPS) is 25.4. The Balaban J connectivity index is 2.50. The molecule has 124 valence electrons. The molecule has 5 nitrogen and oxygen atoms in total. The molecule has 0 radical (unpaired) electrons. The zero-order chi connectivity index (χ0) is 16.3. The molecule has 1 amide bonds. The quantitative estimate of drug-likeness (QED) is 0.621. The van der Waals surface area contributed by atoms with Crippen LogP contribution in [0.3, 0.4) is 0 Å². The maximum Gasteiger partial charge on any atom is 0.406 e. The van der Waals surface area contributed by atoms with Gasteiger partial charge in [-0.15, -0.1) is 0 Å². The van der Waals surface area contributed by atoms with Crippen molar-refractivity contribution in [2.24, 2.45) is 11.7 Å². The van der Waals surface area contributed by atoms with E-state index in [0.717, 1.165) is 25.7 Å². The molecule has 0 aromatic rings. The molecule has 1 fully saturated rings. The number of hydrogen-bond donors (Lipinski definition) is 1. The molecule has 21 heavy (non-hydrogen) atoms. The minimum absolute atomic E-state index is 0.210. The number of methoxy groups -OCH3 is 1. The lowest BCUT2D eigenvalue weighted by molar-refractivity contribution is -0.126. The van der Waals surface area contributed by atoms with Crippen LogP contribution in [0, 0.1) is 5.92 Å². The van der Waals surface area contributed by atoms with Crippen LogP contribution in [0.25, 0.3) is 0 Å². The van der Waals surface area contributed by atoms with E-state index in [1.165, 1.54) is 0 Å². The highest BCUT2D eigenvalue weighted by molar-refractivity contribution is 6.74. The van der Waals surface area contributed by atoms with E-state index in [2.05, 4.69) is 33.9 Å². The summed E-state index contributed by atoms with van der Waals surface area (Å²) in [6.07, 6.45) is 2.85. The van der Waals surface area contributed by atoms with Crippen molar-refractivity contribution in [2.75, 3.05) is 7.11 Å². The Labute approximate surface area is 129 Å². The van der Waals surface area contributed by atoms with Crippen LogP contribution in [-0.4, -0.2) is 33.9 Å². The summed E-state index contributed by atoms with van der Waals surface area (Å²) in [7, 11) is -0.165. The molecule has 0 bridgehead atoms. The third-order valence-corrected chi connectivity index (χ3v) is 9.37. The zero-order valence-electron chi connectivity index (χ0n) is 14.3. The molecular weight excluding hydrogens is 286 g/mol. The number of carbonyl (C=O) groups is 1. The molecule has 0 aliphatic heterocycles. The molecule has 1 atom stereocenters. The predicted octanol–water partition coefficient (Wildman–Crippen LogP) is 3.63. The first-order valence-electron chi connectivity index (χ1n) is 7.73. The first kappa shape index (κ1) is 18.5. The first-order chi connectivity index (χ1) is 9.56. The first-order valence-corrected chi connectivity index (χ1v) is 10.6. The highest BCUT2D eigenvalue weighted by atomic mass is 28.4. The third kappa shape index (κ3) is 5.27. The van der Waals surface area contributed by atoms with Crippen LogP contribution in [0.5, 0.6) is 0 Å². The van der Waals surface area contributed by atoms with Crippen LogP contribution in [0.2, 0.25) is 18.1 Å². The summed E-state index contributed by atoms with van der Waals surface area (Å²) in [5.74, 6) is 0.210. The van der Waals surface area contributed by atoms with Crippen molar-refractivity contribution < 1.29 is 18.7 Å². The Bertz CT molecular complexity index is 346. The molecule has 1 unspecified atom stereocenters. The van der Waals surface area contributed by atoms with Crippen molar-refractivity contribution in [2.45, 2.75) is 77.0 Å². The van der Waals surface area contributed by atoms with Crippen LogP contribution >= 0.6 is 0 Å². The van der Waals surface area contributed by atoms with E-state index in [4.69, 9.17) is 19.6 Å². The molecular formula is C15H31NO4Si. The summed E-state index contributed by atoms with van der Waals surface area (Å²) < 4.78 is 16.7. The summed E-state index contributed by atoms with van der Waals surface area (Å²) in [6.45, 7) is 11.3. The van der Waals surface area contributed by atoms with Gasteiger partial charge in [0.05, 0.1) is 0 Å². The lowest BCUT2D eigenvalue weighted by Crippen LogP contribution is -2.45. The summed E-state index contributed by atoms with van der Waals surface area (Å²) in [5, 5.41) is 0.230. The smallest absolute Gasteiger partial charge is 0.406 e. The van der Waals surface area contributed by atoms with Gasteiger partial charge < -0.3 is 19.6 Å². The van der Waals surface area contributed by atoms with Gasteiger partial charge >= 0.3 is 6.09 Å². The van der Waals surface area contributed by atoms with Gasteiger partial charge in [0.15, 0.2) is 8.32 Å². The third-order valence-electron chi connectivity index (χ3n) is 4.84. The Morgan fingerprint density at radius 2 is 1.71 bits per heavy atom. The van der Waals surface area contributed by atoms with Crippen molar-refractivity contribution in [3.63, 3.8) is 0 Å². The largest absolute Gasteiger partial charge is 0.419 e. The number of amides is 1. The molecule has 0 saturated heterocycles. The van der Waals surface area contributed by atoms with Crippen molar-refractivity contribution in [3.8, 4) is 0 Å². The zero-order valence-corrected chi connectivity index (χ0v) is 15.3. The maximum absolute atomic E-state index is 10.9. The predicted molar refractivity (Wildman–Crippen MR) is 85.5 cm³/mol. The van der Waals surface area contributed by atoms with Gasteiger partial charge in [-0.25, -0.2) is 4.79 Å². The second kappa shape index (κ2) is 7.11. The van der Waals surface area contributed by atoms with E-state index < -0.39 is 20.7 Å². The molecule has 1 saturated carbocycles. The van der Waals surface area contributed by atoms with Crippen molar-refractivity contribution >= 4 is 14.4 Å². The van der Waals surface area contributed by atoms with E-state index in [1.54, 1.807) is 7.11 Å². The van der Waals surface area contributed by atoms with E-state index >= 15 is 0 Å². The van der Waals surface area contributed by atoms with Gasteiger partial charge in [0, 0.05) is 19.1 Å². The molecule has 1 aliphatic rings. The molecule has 0 aromatic heterocycles. The highest BCUT2D eigenvalue weighted by Gasteiger charge is 2.40. The fraction of sp³-hybridized carbons (Fsp3) is 0.933. The SMILES string of the molecule is COC(OC(N)=O)C1CCC(O[Si](C)(C)C(C)(C)C)CC1.